The highest BCUT2D eigenvalue weighted by molar-refractivity contribution is 5.93. The van der Waals surface area contributed by atoms with Gasteiger partial charge >= 0.3 is 6.18 Å². The third-order valence-electron chi connectivity index (χ3n) is 3.42. The van der Waals surface area contributed by atoms with Crippen LogP contribution in [0.3, 0.4) is 0 Å². The molecular formula is C16H11F3N2O. The maximum atomic E-state index is 12.6. The largest absolute Gasteiger partial charge is 0.416 e. The molecule has 0 amide bonds. The van der Waals surface area contributed by atoms with E-state index in [2.05, 4.69) is 4.98 Å². The van der Waals surface area contributed by atoms with Crippen LogP contribution in [0.4, 0.5) is 18.9 Å². The Balaban J connectivity index is 2.09. The number of nitrogens with one attached hydrogen (secondary N) is 1. The predicted octanol–water partition coefficient (Wildman–Crippen LogP) is 3.80. The topological polar surface area (TPSA) is 58.9 Å². The first-order valence-corrected chi connectivity index (χ1v) is 6.45. The number of alkyl halides is 3. The molecule has 1 aromatic heterocycles. The molecule has 0 fully saturated rings. The van der Waals surface area contributed by atoms with E-state index in [1.165, 1.54) is 18.2 Å². The molecule has 0 radical (unpaired) electrons. The Bertz CT molecular complexity index is 896. The van der Waals surface area contributed by atoms with Crippen LogP contribution in [0.1, 0.15) is 5.56 Å². The highest BCUT2D eigenvalue weighted by atomic mass is 19.4. The van der Waals surface area contributed by atoms with Crippen LogP contribution in [0.2, 0.25) is 0 Å². The van der Waals surface area contributed by atoms with Gasteiger partial charge in [-0.05, 0) is 35.4 Å². The minimum atomic E-state index is -4.36. The van der Waals surface area contributed by atoms with Gasteiger partial charge in [0.05, 0.1) is 11.1 Å². The predicted molar refractivity (Wildman–Crippen MR) is 79.4 cm³/mol. The fraction of sp³-hybridized carbons (Fsp3) is 0.0625. The summed E-state index contributed by atoms with van der Waals surface area (Å²) in [5.74, 6) is 0. The summed E-state index contributed by atoms with van der Waals surface area (Å²) in [6, 6.07) is 11.3. The minimum absolute atomic E-state index is 0.299. The number of H-pyrrole nitrogens is 1. The summed E-state index contributed by atoms with van der Waals surface area (Å²) in [5.41, 5.74) is 7.10. The van der Waals surface area contributed by atoms with Gasteiger partial charge in [0.1, 0.15) is 0 Å². The van der Waals surface area contributed by atoms with Gasteiger partial charge in [-0.15, -0.1) is 0 Å². The number of halogens is 3. The molecule has 0 aliphatic heterocycles. The molecule has 112 valence electrons. The summed E-state index contributed by atoms with van der Waals surface area (Å²) >= 11 is 0. The highest BCUT2D eigenvalue weighted by Gasteiger charge is 2.29. The summed E-state index contributed by atoms with van der Waals surface area (Å²) in [4.78, 5) is 14.0. The fourth-order valence-electron chi connectivity index (χ4n) is 2.31. The third-order valence-corrected chi connectivity index (χ3v) is 3.42. The maximum Gasteiger partial charge on any atom is 0.416 e. The number of hydrogen-bond donors (Lipinski definition) is 2. The van der Waals surface area contributed by atoms with Crippen LogP contribution in [-0.2, 0) is 6.18 Å². The van der Waals surface area contributed by atoms with E-state index in [0.29, 0.717) is 22.2 Å². The van der Waals surface area contributed by atoms with E-state index in [9.17, 15) is 18.0 Å². The van der Waals surface area contributed by atoms with Gasteiger partial charge in [0.25, 0.3) is 0 Å². The molecule has 1 heterocycles. The van der Waals surface area contributed by atoms with Crippen molar-refractivity contribution in [3.63, 3.8) is 0 Å². The molecule has 0 bridgehead atoms. The van der Waals surface area contributed by atoms with Crippen LogP contribution < -0.4 is 11.3 Å². The standard InChI is InChI=1S/C16H11F3N2O/c17-16(18,19)11-4-1-9(2-5-11)10-3-6-14-12(7-10)13(20)8-15(22)21-14/h1-8H,(H3,20,21,22). The summed E-state index contributed by atoms with van der Waals surface area (Å²) in [6.07, 6.45) is -4.36. The van der Waals surface area contributed by atoms with E-state index in [1.54, 1.807) is 18.2 Å². The molecule has 3 N–H and O–H groups in total. The number of hydrogen-bond acceptors (Lipinski definition) is 2. The number of benzene rings is 2. The number of fused-ring (bicyclic) bond motifs is 1. The Hall–Kier alpha value is -2.76. The number of anilines is 1. The fourth-order valence-corrected chi connectivity index (χ4v) is 2.31. The Kier molecular flexibility index (Phi) is 3.16. The van der Waals surface area contributed by atoms with Crippen LogP contribution in [0, 0.1) is 0 Å². The lowest BCUT2D eigenvalue weighted by Gasteiger charge is -2.09. The van der Waals surface area contributed by atoms with Crippen molar-refractivity contribution >= 4 is 16.6 Å². The number of nitrogens with two attached hydrogens (primary N) is 1. The van der Waals surface area contributed by atoms with E-state index < -0.39 is 11.7 Å². The molecular weight excluding hydrogens is 293 g/mol. The lowest BCUT2D eigenvalue weighted by atomic mass is 10.0. The molecule has 0 saturated carbocycles. The summed E-state index contributed by atoms with van der Waals surface area (Å²) in [5, 5.41) is 0.650. The van der Waals surface area contributed by atoms with Gasteiger partial charge in [0.2, 0.25) is 5.56 Å². The number of nitrogen functional groups attached to an aromatic ring is 1. The van der Waals surface area contributed by atoms with Gasteiger partial charge in [0, 0.05) is 17.1 Å². The van der Waals surface area contributed by atoms with Crippen molar-refractivity contribution in [1.29, 1.82) is 0 Å². The Morgan fingerprint density at radius 3 is 2.18 bits per heavy atom. The smallest absolute Gasteiger partial charge is 0.398 e. The van der Waals surface area contributed by atoms with Crippen molar-refractivity contribution < 1.29 is 13.2 Å². The van der Waals surface area contributed by atoms with E-state index >= 15 is 0 Å². The summed E-state index contributed by atoms with van der Waals surface area (Å²) < 4.78 is 37.7. The molecule has 0 spiro atoms. The lowest BCUT2D eigenvalue weighted by Crippen LogP contribution is -2.06. The number of aromatic amines is 1. The summed E-state index contributed by atoms with van der Waals surface area (Å²) in [6.45, 7) is 0. The zero-order valence-electron chi connectivity index (χ0n) is 11.2. The zero-order chi connectivity index (χ0) is 15.9. The first-order valence-electron chi connectivity index (χ1n) is 6.45. The van der Waals surface area contributed by atoms with Crippen LogP contribution in [0.25, 0.3) is 22.0 Å². The second kappa shape index (κ2) is 4.91. The van der Waals surface area contributed by atoms with Gasteiger partial charge in [-0.1, -0.05) is 18.2 Å². The van der Waals surface area contributed by atoms with Gasteiger partial charge in [0.15, 0.2) is 0 Å². The molecule has 22 heavy (non-hydrogen) atoms. The third kappa shape index (κ3) is 2.55. The van der Waals surface area contributed by atoms with E-state index in [-0.39, 0.29) is 5.56 Å². The van der Waals surface area contributed by atoms with Gasteiger partial charge in [-0.2, -0.15) is 13.2 Å². The Morgan fingerprint density at radius 2 is 1.55 bits per heavy atom. The Labute approximate surface area is 123 Å². The van der Waals surface area contributed by atoms with E-state index in [0.717, 1.165) is 17.7 Å². The summed E-state index contributed by atoms with van der Waals surface area (Å²) in [7, 11) is 0. The lowest BCUT2D eigenvalue weighted by molar-refractivity contribution is -0.137. The quantitative estimate of drug-likeness (QED) is 0.718. The number of aromatic nitrogens is 1. The molecule has 6 heteroatoms. The van der Waals surface area contributed by atoms with E-state index in [1.807, 2.05) is 0 Å². The van der Waals surface area contributed by atoms with Crippen molar-refractivity contribution in [2.75, 3.05) is 5.73 Å². The van der Waals surface area contributed by atoms with Crippen molar-refractivity contribution in [2.45, 2.75) is 6.18 Å². The normalized spacial score (nSPS) is 11.8. The molecule has 0 aliphatic rings. The van der Waals surface area contributed by atoms with Gasteiger partial charge < -0.3 is 10.7 Å². The van der Waals surface area contributed by atoms with Crippen LogP contribution in [-0.4, -0.2) is 4.98 Å². The van der Waals surface area contributed by atoms with Crippen LogP contribution >= 0.6 is 0 Å². The molecule has 2 aromatic carbocycles. The molecule has 0 atom stereocenters. The average molecular weight is 304 g/mol. The van der Waals surface area contributed by atoms with Crippen molar-refractivity contribution in [3.8, 4) is 11.1 Å². The second-order valence-corrected chi connectivity index (χ2v) is 4.92. The van der Waals surface area contributed by atoms with E-state index in [4.69, 9.17) is 5.73 Å². The van der Waals surface area contributed by atoms with Gasteiger partial charge in [-0.3, -0.25) is 4.79 Å². The SMILES string of the molecule is Nc1cc(=O)[nH]c2ccc(-c3ccc(C(F)(F)F)cc3)cc12. The average Bonchev–Trinajstić information content (AvgIpc) is 2.46. The molecule has 3 nitrogen and oxygen atoms in total. The number of pyridine rings is 1. The molecule has 3 aromatic rings. The zero-order valence-corrected chi connectivity index (χ0v) is 11.2. The monoisotopic (exact) mass is 304 g/mol. The van der Waals surface area contributed by atoms with Crippen molar-refractivity contribution in [2.24, 2.45) is 0 Å². The molecule has 0 saturated heterocycles. The first-order chi connectivity index (χ1) is 10.3. The molecule has 3 rings (SSSR count). The second-order valence-electron chi connectivity index (χ2n) is 4.92. The van der Waals surface area contributed by atoms with Gasteiger partial charge in [-0.25, -0.2) is 0 Å². The molecule has 0 unspecified atom stereocenters. The van der Waals surface area contributed by atoms with Crippen LogP contribution in [0.5, 0.6) is 0 Å². The highest BCUT2D eigenvalue weighted by Crippen LogP contribution is 2.32. The minimum Gasteiger partial charge on any atom is -0.398 e. The first kappa shape index (κ1) is 14.2. The van der Waals surface area contributed by atoms with Crippen LogP contribution in [0.15, 0.2) is 53.3 Å². The maximum absolute atomic E-state index is 12.6. The Morgan fingerprint density at radius 1 is 0.909 bits per heavy atom. The number of rotatable bonds is 1. The molecule has 0 aliphatic carbocycles. The van der Waals surface area contributed by atoms with Crippen molar-refractivity contribution in [1.82, 2.24) is 4.98 Å². The van der Waals surface area contributed by atoms with Crippen molar-refractivity contribution in [3.05, 3.63) is 64.4 Å².